The second kappa shape index (κ2) is 19.6. The third-order valence-electron chi connectivity index (χ3n) is 5.92. The Hall–Kier alpha value is -3.48. The van der Waals surface area contributed by atoms with E-state index in [4.69, 9.17) is 14.6 Å². The Bertz CT molecular complexity index is 1040. The molecule has 0 aliphatic rings. The molecule has 1 rings (SSSR count). The van der Waals surface area contributed by atoms with Gasteiger partial charge in [-0.15, -0.1) is 0 Å². The van der Waals surface area contributed by atoms with Gasteiger partial charge in [0.15, 0.2) is 0 Å². The highest BCUT2D eigenvalue weighted by Gasteiger charge is 2.30. The summed E-state index contributed by atoms with van der Waals surface area (Å²) < 4.78 is 10.7. The van der Waals surface area contributed by atoms with Crippen molar-refractivity contribution in [2.75, 3.05) is 25.5 Å². The molecule has 0 radical (unpaired) electrons. The highest BCUT2D eigenvalue weighted by molar-refractivity contribution is 7.80. The Morgan fingerprint density at radius 2 is 1.52 bits per heavy atom. The Balaban J connectivity index is 2.87. The lowest BCUT2D eigenvalue weighted by Gasteiger charge is -2.25. The van der Waals surface area contributed by atoms with Crippen LogP contribution in [0.5, 0.6) is 5.75 Å². The van der Waals surface area contributed by atoms with E-state index in [1.54, 1.807) is 0 Å². The van der Waals surface area contributed by atoms with Crippen LogP contribution in [0.3, 0.4) is 0 Å². The summed E-state index contributed by atoms with van der Waals surface area (Å²) in [6.45, 7) is 10.2. The van der Waals surface area contributed by atoms with Crippen LogP contribution in [-0.2, 0) is 30.3 Å². The van der Waals surface area contributed by atoms with Gasteiger partial charge < -0.3 is 35.8 Å². The number of nitrogens with one attached hydrogen (secondary N) is 4. The lowest BCUT2D eigenvalue weighted by molar-refractivity contribution is -0.137. The van der Waals surface area contributed by atoms with Crippen molar-refractivity contribution in [3.8, 4) is 5.75 Å². The fourth-order valence-electron chi connectivity index (χ4n) is 3.85. The molecule has 0 heterocycles. The topological polar surface area (TPSA) is 172 Å². The van der Waals surface area contributed by atoms with E-state index in [9.17, 15) is 24.0 Å². The van der Waals surface area contributed by atoms with E-state index in [-0.39, 0.29) is 43.5 Å². The molecule has 42 heavy (non-hydrogen) atoms. The number of para-hydroxylation sites is 1. The van der Waals surface area contributed by atoms with Crippen molar-refractivity contribution < 1.29 is 38.6 Å². The van der Waals surface area contributed by atoms with E-state index in [1.165, 1.54) is 0 Å². The smallest absolute Gasteiger partial charge is 0.407 e. The first-order valence-electron chi connectivity index (χ1n) is 14.2. The molecule has 0 spiro atoms. The summed E-state index contributed by atoms with van der Waals surface area (Å²) in [4.78, 5) is 62.5. The Morgan fingerprint density at radius 3 is 2.12 bits per heavy atom. The third-order valence-corrected chi connectivity index (χ3v) is 6.29. The van der Waals surface area contributed by atoms with Crippen LogP contribution in [0.25, 0.3) is 0 Å². The summed E-state index contributed by atoms with van der Waals surface area (Å²) in [5.74, 6) is -2.13. The minimum absolute atomic E-state index is 0.0138. The number of carbonyl (C=O) groups excluding carboxylic acids is 4. The lowest BCUT2D eigenvalue weighted by Crippen LogP contribution is -2.57. The summed E-state index contributed by atoms with van der Waals surface area (Å²) in [5, 5.41) is 19.5. The van der Waals surface area contributed by atoms with Gasteiger partial charge in [-0.3, -0.25) is 19.2 Å². The van der Waals surface area contributed by atoms with Crippen molar-refractivity contribution in [2.45, 2.75) is 78.4 Å². The molecular formula is C29H46N4O8S. The number of carboxylic acids is 1. The molecular weight excluding hydrogens is 564 g/mol. The predicted molar refractivity (Wildman–Crippen MR) is 161 cm³/mol. The van der Waals surface area contributed by atoms with Gasteiger partial charge >= 0.3 is 12.1 Å². The van der Waals surface area contributed by atoms with Gasteiger partial charge in [0.2, 0.25) is 17.7 Å². The normalized spacial score (nSPS) is 13.0. The maximum atomic E-state index is 13.2. The number of carboxylic acid groups (broad SMARTS) is 1. The fourth-order valence-corrected chi connectivity index (χ4v) is 4.11. The quantitative estimate of drug-likeness (QED) is 0.130. The van der Waals surface area contributed by atoms with Gasteiger partial charge in [0.1, 0.15) is 23.9 Å². The first-order chi connectivity index (χ1) is 19.9. The number of amides is 4. The van der Waals surface area contributed by atoms with Gasteiger partial charge in [-0.1, -0.05) is 45.9 Å². The zero-order valence-electron chi connectivity index (χ0n) is 25.1. The van der Waals surface area contributed by atoms with Crippen LogP contribution >= 0.6 is 12.6 Å². The van der Waals surface area contributed by atoms with Crippen molar-refractivity contribution in [2.24, 2.45) is 11.8 Å². The zero-order valence-corrected chi connectivity index (χ0v) is 26.0. The highest BCUT2D eigenvalue weighted by atomic mass is 32.1. The number of hydrogen-bond donors (Lipinski definition) is 6. The molecule has 0 aliphatic carbocycles. The van der Waals surface area contributed by atoms with Crippen LogP contribution in [0.15, 0.2) is 24.3 Å². The second-order valence-corrected chi connectivity index (χ2v) is 11.0. The molecule has 1 aromatic rings. The molecule has 0 saturated carbocycles. The summed E-state index contributed by atoms with van der Waals surface area (Å²) in [5.41, 5.74) is 0.935. The number of hydrogen-bond acceptors (Lipinski definition) is 8. The summed E-state index contributed by atoms with van der Waals surface area (Å²) in [6, 6.07) is 4.26. The number of aliphatic carboxylic acids is 1. The Morgan fingerprint density at radius 1 is 0.881 bits per heavy atom. The van der Waals surface area contributed by atoms with E-state index >= 15 is 0 Å². The van der Waals surface area contributed by atoms with Crippen molar-refractivity contribution in [3.63, 3.8) is 0 Å². The number of benzene rings is 1. The van der Waals surface area contributed by atoms with Crippen molar-refractivity contribution in [1.82, 2.24) is 21.3 Å². The fraction of sp³-hybridized carbons (Fsp3) is 0.621. The van der Waals surface area contributed by atoms with Gasteiger partial charge in [0, 0.05) is 18.7 Å². The highest BCUT2D eigenvalue weighted by Crippen LogP contribution is 2.18. The van der Waals surface area contributed by atoms with E-state index in [2.05, 4.69) is 33.9 Å². The maximum absolute atomic E-state index is 13.2. The van der Waals surface area contributed by atoms with Gasteiger partial charge in [-0.25, -0.2) is 4.79 Å². The van der Waals surface area contributed by atoms with Gasteiger partial charge in [-0.05, 0) is 49.7 Å². The van der Waals surface area contributed by atoms with Crippen LogP contribution < -0.4 is 26.0 Å². The lowest BCUT2D eigenvalue weighted by atomic mass is 10.0. The molecule has 0 saturated heterocycles. The number of ether oxygens (including phenoxy) is 2. The van der Waals surface area contributed by atoms with Crippen LogP contribution in [0.1, 0.15) is 59.4 Å². The number of rotatable bonds is 19. The monoisotopic (exact) mass is 610 g/mol. The molecule has 0 unspecified atom stereocenters. The van der Waals surface area contributed by atoms with Crippen molar-refractivity contribution in [3.05, 3.63) is 29.8 Å². The molecule has 5 N–H and O–H groups in total. The number of thiol groups is 1. The molecule has 1 aromatic carbocycles. The molecule has 4 amide bonds. The average molecular weight is 611 g/mol. The van der Waals surface area contributed by atoms with E-state index in [0.717, 1.165) is 11.3 Å². The summed E-state index contributed by atoms with van der Waals surface area (Å²) in [7, 11) is 0. The first kappa shape index (κ1) is 36.5. The van der Waals surface area contributed by atoms with Crippen molar-refractivity contribution >= 4 is 42.4 Å². The maximum Gasteiger partial charge on any atom is 0.407 e. The number of alkyl carbamates (subject to hydrolysis) is 1. The zero-order chi connectivity index (χ0) is 31.7. The molecule has 0 fully saturated rings. The molecule has 0 aromatic heterocycles. The van der Waals surface area contributed by atoms with Gasteiger partial charge in [0.25, 0.3) is 0 Å². The second-order valence-electron chi connectivity index (χ2n) is 10.6. The number of carbonyl (C=O) groups is 5. The third kappa shape index (κ3) is 14.4. The Kier molecular flexibility index (Phi) is 17.1. The molecule has 236 valence electrons. The van der Waals surface area contributed by atoms with E-state index in [0.29, 0.717) is 19.6 Å². The largest absolute Gasteiger partial charge is 0.494 e. The molecule has 12 nitrogen and oxygen atoms in total. The van der Waals surface area contributed by atoms with Crippen molar-refractivity contribution in [1.29, 1.82) is 0 Å². The molecule has 0 bridgehead atoms. The predicted octanol–water partition coefficient (Wildman–Crippen LogP) is 2.31. The van der Waals surface area contributed by atoms with E-state index in [1.807, 2.05) is 58.9 Å². The summed E-state index contributed by atoms with van der Waals surface area (Å²) in [6.07, 6.45) is -0.709. The molecule has 0 aliphatic heterocycles. The molecule has 3 atom stereocenters. The van der Waals surface area contributed by atoms with E-state index < -0.39 is 47.9 Å². The minimum atomic E-state index is -1.24. The van der Waals surface area contributed by atoms with Crippen LogP contribution in [-0.4, -0.2) is 78.5 Å². The SMILES string of the molecule is CCOc1ccccc1CCNC(=O)[C@H](CS)NC(=O)[C@H](CC(C)C)NC(=O)[C@H](CCC(=O)O)NC(=O)OCC(C)C. The van der Waals surface area contributed by atoms with Gasteiger partial charge in [-0.2, -0.15) is 12.6 Å². The first-order valence-corrected chi connectivity index (χ1v) is 14.9. The average Bonchev–Trinajstić information content (AvgIpc) is 2.92. The minimum Gasteiger partial charge on any atom is -0.494 e. The van der Waals surface area contributed by atoms with Crippen LogP contribution in [0, 0.1) is 11.8 Å². The molecule has 13 heteroatoms. The standard InChI is InChI=1S/C29H46N4O8S/c1-6-40-24-10-8-7-9-20(24)13-14-30-26(36)23(17-42)32-28(38)22(15-18(2)3)31-27(37)21(11-12-25(34)35)33-29(39)41-16-19(4)5/h7-10,18-19,21-23,42H,6,11-17H2,1-5H3,(H,30,36)(H,31,37)(H,32,38)(H,33,39)(H,34,35)/t21-,22-,23-/m0/s1. The van der Waals surface area contributed by atoms with Crippen LogP contribution in [0.2, 0.25) is 0 Å². The van der Waals surface area contributed by atoms with Crippen LogP contribution in [0.4, 0.5) is 4.79 Å². The Labute approximate surface area is 253 Å². The van der Waals surface area contributed by atoms with Gasteiger partial charge in [0.05, 0.1) is 13.2 Å². The summed E-state index contributed by atoms with van der Waals surface area (Å²) >= 11 is 4.23.